The van der Waals surface area contributed by atoms with Crippen LogP contribution >= 0.6 is 0 Å². The number of aliphatic hydroxyl groups excluding tert-OH is 1. The Hall–Kier alpha value is -2.54. The maximum atomic E-state index is 12.7. The third-order valence-electron chi connectivity index (χ3n) is 6.63. The molecule has 2 amide bonds. The zero-order valence-electron chi connectivity index (χ0n) is 17.8. The second-order valence-corrected chi connectivity index (χ2v) is 8.95. The molecule has 162 valence electrons. The van der Waals surface area contributed by atoms with Gasteiger partial charge in [0.15, 0.2) is 0 Å². The van der Waals surface area contributed by atoms with E-state index in [1.807, 2.05) is 23.4 Å². The molecule has 0 atom stereocenters. The zero-order chi connectivity index (χ0) is 21.0. The largest absolute Gasteiger partial charge is 0.394 e. The number of hydrogen-bond donors (Lipinski definition) is 3. The number of anilines is 1. The highest BCUT2D eigenvalue weighted by Gasteiger charge is 2.42. The molecule has 2 aliphatic rings. The van der Waals surface area contributed by atoms with Crippen LogP contribution in [0.15, 0.2) is 36.7 Å². The first-order chi connectivity index (χ1) is 14.5. The minimum Gasteiger partial charge on any atom is -0.394 e. The molecule has 7 heteroatoms. The topological polar surface area (TPSA) is 82.4 Å². The van der Waals surface area contributed by atoms with Crippen LogP contribution in [-0.2, 0) is 13.1 Å². The highest BCUT2D eigenvalue weighted by atomic mass is 16.3. The van der Waals surface area contributed by atoms with Crippen LogP contribution in [0, 0.1) is 12.3 Å². The lowest BCUT2D eigenvalue weighted by molar-refractivity contribution is 0.172. The van der Waals surface area contributed by atoms with Crippen LogP contribution in [0.3, 0.4) is 0 Å². The van der Waals surface area contributed by atoms with Crippen LogP contribution in [0.4, 0.5) is 10.5 Å². The van der Waals surface area contributed by atoms with E-state index in [1.165, 1.54) is 5.56 Å². The van der Waals surface area contributed by atoms with Crippen molar-refractivity contribution >= 4 is 11.7 Å². The number of hydrogen-bond acceptors (Lipinski definition) is 4. The Kier molecular flexibility index (Phi) is 6.27. The number of carbonyl (C=O) groups is 1. The van der Waals surface area contributed by atoms with E-state index in [4.69, 9.17) is 5.11 Å². The molecular formula is C23H33N5O2. The number of benzene rings is 1. The van der Waals surface area contributed by atoms with Crippen molar-refractivity contribution < 1.29 is 9.90 Å². The lowest BCUT2D eigenvalue weighted by Gasteiger charge is -2.37. The molecule has 1 spiro atoms. The Bertz CT molecular complexity index is 857. The molecule has 1 aliphatic carbocycles. The SMILES string of the molecule is Cc1cccc(CNC(=O)N2CC[C@]3(CC[C@@H](Nc4cnn(CCO)c4)CC3)C2)c1. The number of rotatable bonds is 6. The first-order valence-electron chi connectivity index (χ1n) is 11.0. The molecule has 2 aromatic rings. The predicted molar refractivity (Wildman–Crippen MR) is 117 cm³/mol. The maximum Gasteiger partial charge on any atom is 0.317 e. The first kappa shape index (κ1) is 20.7. The molecule has 4 rings (SSSR count). The number of aryl methyl sites for hydroxylation is 1. The fraction of sp³-hybridized carbons (Fsp3) is 0.565. The Labute approximate surface area is 178 Å². The summed E-state index contributed by atoms with van der Waals surface area (Å²) < 4.78 is 1.76. The average Bonchev–Trinajstić information content (AvgIpc) is 3.36. The van der Waals surface area contributed by atoms with Gasteiger partial charge in [0.05, 0.1) is 25.0 Å². The van der Waals surface area contributed by atoms with E-state index >= 15 is 0 Å². The van der Waals surface area contributed by atoms with Gasteiger partial charge in [-0.05, 0) is 50.0 Å². The Morgan fingerprint density at radius 2 is 2.13 bits per heavy atom. The van der Waals surface area contributed by atoms with E-state index in [1.54, 1.807) is 4.68 Å². The van der Waals surface area contributed by atoms with Crippen molar-refractivity contribution in [2.24, 2.45) is 5.41 Å². The molecule has 2 fully saturated rings. The summed E-state index contributed by atoms with van der Waals surface area (Å²) in [4.78, 5) is 14.7. The zero-order valence-corrected chi connectivity index (χ0v) is 17.8. The molecule has 1 aromatic heterocycles. The minimum atomic E-state index is 0.0601. The molecule has 1 saturated carbocycles. The Morgan fingerprint density at radius 3 is 2.90 bits per heavy atom. The molecule has 0 unspecified atom stereocenters. The highest BCUT2D eigenvalue weighted by Crippen LogP contribution is 2.44. The van der Waals surface area contributed by atoms with Crippen molar-refractivity contribution in [3.8, 4) is 0 Å². The number of likely N-dealkylation sites (tertiary alicyclic amines) is 1. The molecule has 30 heavy (non-hydrogen) atoms. The standard InChI is InChI=1S/C23H33N5O2/c1-18-3-2-4-19(13-18)14-24-22(30)27-10-9-23(17-27)7-5-20(6-8-23)26-21-15-25-28(16-21)11-12-29/h2-4,13,15-16,20,26,29H,5-12,14,17H2,1H3,(H,24,30)/t20-,23-. The van der Waals surface area contributed by atoms with Gasteiger partial charge in [-0.1, -0.05) is 29.8 Å². The van der Waals surface area contributed by atoms with Crippen molar-refractivity contribution in [3.05, 3.63) is 47.8 Å². The smallest absolute Gasteiger partial charge is 0.317 e. The lowest BCUT2D eigenvalue weighted by Crippen LogP contribution is -2.41. The Balaban J connectivity index is 1.23. The minimum absolute atomic E-state index is 0.0601. The molecule has 0 bridgehead atoms. The van der Waals surface area contributed by atoms with Crippen LogP contribution in [0.1, 0.15) is 43.2 Å². The van der Waals surface area contributed by atoms with Crippen LogP contribution in [0.25, 0.3) is 0 Å². The van der Waals surface area contributed by atoms with Crippen molar-refractivity contribution in [3.63, 3.8) is 0 Å². The fourth-order valence-corrected chi connectivity index (χ4v) is 4.90. The summed E-state index contributed by atoms with van der Waals surface area (Å²) in [7, 11) is 0. The normalized spacial score (nSPS) is 23.7. The van der Waals surface area contributed by atoms with Gasteiger partial charge >= 0.3 is 6.03 Å². The van der Waals surface area contributed by atoms with Crippen LogP contribution in [-0.4, -0.2) is 51.6 Å². The summed E-state index contributed by atoms with van der Waals surface area (Å²) in [5.41, 5.74) is 3.66. The maximum absolute atomic E-state index is 12.7. The van der Waals surface area contributed by atoms with Crippen molar-refractivity contribution in [2.45, 2.75) is 58.2 Å². The van der Waals surface area contributed by atoms with Gasteiger partial charge in [-0.15, -0.1) is 0 Å². The summed E-state index contributed by atoms with van der Waals surface area (Å²) in [5.74, 6) is 0. The van der Waals surface area contributed by atoms with E-state index < -0.39 is 0 Å². The number of amides is 2. The number of aliphatic hydroxyl groups is 1. The number of aromatic nitrogens is 2. The molecule has 3 N–H and O–H groups in total. The van der Waals surface area contributed by atoms with Gasteiger partial charge in [-0.3, -0.25) is 4.68 Å². The van der Waals surface area contributed by atoms with Gasteiger partial charge < -0.3 is 20.6 Å². The monoisotopic (exact) mass is 411 g/mol. The van der Waals surface area contributed by atoms with Crippen molar-refractivity contribution in [1.82, 2.24) is 20.0 Å². The number of nitrogens with one attached hydrogen (secondary N) is 2. The molecule has 2 heterocycles. The summed E-state index contributed by atoms with van der Waals surface area (Å²) in [6.45, 7) is 5.00. The molecule has 1 aromatic carbocycles. The van der Waals surface area contributed by atoms with E-state index in [0.717, 1.165) is 56.4 Å². The summed E-state index contributed by atoms with van der Waals surface area (Å²) >= 11 is 0. The van der Waals surface area contributed by atoms with E-state index in [-0.39, 0.29) is 18.1 Å². The van der Waals surface area contributed by atoms with E-state index in [0.29, 0.717) is 19.1 Å². The van der Waals surface area contributed by atoms with Crippen LogP contribution < -0.4 is 10.6 Å². The van der Waals surface area contributed by atoms with Crippen LogP contribution in [0.5, 0.6) is 0 Å². The van der Waals surface area contributed by atoms with E-state index in [9.17, 15) is 4.79 Å². The van der Waals surface area contributed by atoms with E-state index in [2.05, 4.69) is 40.9 Å². The van der Waals surface area contributed by atoms with Gasteiger partial charge in [0.2, 0.25) is 0 Å². The van der Waals surface area contributed by atoms with Gasteiger partial charge in [0, 0.05) is 31.9 Å². The molecule has 1 saturated heterocycles. The van der Waals surface area contributed by atoms with Crippen molar-refractivity contribution in [2.75, 3.05) is 25.0 Å². The first-order valence-corrected chi connectivity index (χ1v) is 11.0. The second kappa shape index (κ2) is 9.08. The van der Waals surface area contributed by atoms with Gasteiger partial charge in [0.25, 0.3) is 0 Å². The quantitative estimate of drug-likeness (QED) is 0.682. The lowest BCUT2D eigenvalue weighted by atomic mass is 9.72. The molecule has 0 radical (unpaired) electrons. The summed E-state index contributed by atoms with van der Waals surface area (Å²) in [6, 6.07) is 8.79. The summed E-state index contributed by atoms with van der Waals surface area (Å²) in [6.07, 6.45) is 9.42. The van der Waals surface area contributed by atoms with Crippen LogP contribution in [0.2, 0.25) is 0 Å². The fourth-order valence-electron chi connectivity index (χ4n) is 4.90. The third kappa shape index (κ3) is 4.95. The third-order valence-corrected chi connectivity index (χ3v) is 6.63. The number of nitrogens with zero attached hydrogens (tertiary/aromatic N) is 3. The van der Waals surface area contributed by atoms with Crippen molar-refractivity contribution in [1.29, 1.82) is 0 Å². The number of urea groups is 1. The number of carbonyl (C=O) groups excluding carboxylic acids is 1. The highest BCUT2D eigenvalue weighted by molar-refractivity contribution is 5.74. The van der Waals surface area contributed by atoms with Gasteiger partial charge in [-0.2, -0.15) is 5.10 Å². The van der Waals surface area contributed by atoms with Gasteiger partial charge in [0.1, 0.15) is 0 Å². The second-order valence-electron chi connectivity index (χ2n) is 8.95. The molecular weight excluding hydrogens is 378 g/mol. The summed E-state index contributed by atoms with van der Waals surface area (Å²) in [5, 5.41) is 20.0. The molecule has 7 nitrogen and oxygen atoms in total. The van der Waals surface area contributed by atoms with Gasteiger partial charge in [-0.25, -0.2) is 4.79 Å². The molecule has 1 aliphatic heterocycles. The predicted octanol–water partition coefficient (Wildman–Crippen LogP) is 3.14. The Morgan fingerprint density at radius 1 is 1.30 bits per heavy atom. The average molecular weight is 412 g/mol.